The molecule has 1 aliphatic heterocycles. The number of nitrogens with one attached hydrogen (secondary N) is 1. The quantitative estimate of drug-likeness (QED) is 0.321. The number of thiocarbonyl (C=S) groups is 1. The van der Waals surface area contributed by atoms with Crippen LogP contribution in [-0.2, 0) is 9.53 Å². The highest BCUT2D eigenvalue weighted by Gasteiger charge is 2.38. The Labute approximate surface area is 209 Å². The third-order valence-corrected chi connectivity index (χ3v) is 5.66. The molecule has 0 fully saturated rings. The molecule has 2 aromatic carbocycles. The summed E-state index contributed by atoms with van der Waals surface area (Å²) < 4.78 is 21.9. The maximum atomic E-state index is 13.0. The van der Waals surface area contributed by atoms with Crippen LogP contribution in [0.25, 0.3) is 0 Å². The number of hydrogen-bond acceptors (Lipinski definition) is 7. The number of hydrazone groups is 1. The minimum atomic E-state index is -0.718. The number of methoxy groups -OCH3 is 3. The van der Waals surface area contributed by atoms with Gasteiger partial charge in [-0.1, -0.05) is 23.7 Å². The van der Waals surface area contributed by atoms with Crippen LogP contribution in [0.2, 0.25) is 5.02 Å². The van der Waals surface area contributed by atoms with Crippen molar-refractivity contribution in [3.05, 3.63) is 63.8 Å². The highest BCUT2D eigenvalue weighted by molar-refractivity contribution is 7.80. The van der Waals surface area contributed by atoms with Crippen molar-refractivity contribution in [2.75, 3.05) is 27.9 Å². The van der Waals surface area contributed by atoms with Crippen LogP contribution in [0.3, 0.4) is 0 Å². The molecule has 2 aromatic rings. The van der Waals surface area contributed by atoms with Crippen LogP contribution in [0.15, 0.2) is 52.8 Å². The molecule has 0 aliphatic carbocycles. The summed E-state index contributed by atoms with van der Waals surface area (Å²) in [6, 6.07) is 9.99. The Hall–Kier alpha value is -3.30. The summed E-state index contributed by atoms with van der Waals surface area (Å²) in [5, 5.41) is 10.1. The maximum absolute atomic E-state index is 13.0. The number of hydrogen-bond donors (Lipinski definition) is 1. The smallest absolute Gasteiger partial charge is 0.338 e. The Morgan fingerprint density at radius 1 is 1.15 bits per heavy atom. The summed E-state index contributed by atoms with van der Waals surface area (Å²) in [5.74, 6) is 0.813. The van der Waals surface area contributed by atoms with Gasteiger partial charge in [0.15, 0.2) is 16.6 Å². The van der Waals surface area contributed by atoms with E-state index in [0.717, 1.165) is 5.56 Å². The van der Waals surface area contributed by atoms with E-state index in [1.54, 1.807) is 49.3 Å². The number of allylic oxidation sites excluding steroid dienone is 1. The van der Waals surface area contributed by atoms with Gasteiger partial charge in [0.05, 0.1) is 39.7 Å². The van der Waals surface area contributed by atoms with E-state index in [0.29, 0.717) is 44.2 Å². The lowest BCUT2D eigenvalue weighted by atomic mass is 9.94. The van der Waals surface area contributed by atoms with Gasteiger partial charge in [0, 0.05) is 10.7 Å². The first kappa shape index (κ1) is 25.3. The van der Waals surface area contributed by atoms with E-state index in [1.165, 1.54) is 21.3 Å². The zero-order chi connectivity index (χ0) is 24.8. The highest BCUT2D eigenvalue weighted by atomic mass is 35.5. The molecule has 0 aromatic heterocycles. The normalized spacial score (nSPS) is 15.9. The lowest BCUT2D eigenvalue weighted by Crippen LogP contribution is -2.46. The van der Waals surface area contributed by atoms with E-state index in [-0.39, 0.29) is 6.61 Å². The Balaban J connectivity index is 2.19. The molecule has 0 bridgehead atoms. The summed E-state index contributed by atoms with van der Waals surface area (Å²) in [5.41, 5.74) is 2.38. The first-order chi connectivity index (χ1) is 16.3. The van der Waals surface area contributed by atoms with Gasteiger partial charge in [-0.2, -0.15) is 5.10 Å². The Kier molecular flexibility index (Phi) is 8.36. The molecule has 1 aliphatic rings. The first-order valence-electron chi connectivity index (χ1n) is 10.4. The van der Waals surface area contributed by atoms with Crippen molar-refractivity contribution in [2.45, 2.75) is 19.9 Å². The van der Waals surface area contributed by atoms with Crippen LogP contribution in [-0.4, -0.2) is 50.2 Å². The third kappa shape index (κ3) is 5.26. The predicted octanol–water partition coefficient (Wildman–Crippen LogP) is 4.47. The highest BCUT2D eigenvalue weighted by Crippen LogP contribution is 2.43. The summed E-state index contributed by atoms with van der Waals surface area (Å²) in [4.78, 5) is 13.0. The fraction of sp³-hybridized carbons (Fsp3) is 0.292. The molecule has 8 nitrogen and oxygen atoms in total. The lowest BCUT2D eigenvalue weighted by Gasteiger charge is -2.36. The van der Waals surface area contributed by atoms with Gasteiger partial charge in [-0.25, -0.2) is 9.80 Å². The SMILES string of the molecule is CCOC(=O)C1=C(C)NC(=S)N(/N=C\c2ccc(Cl)cc2)C1c1cc(OC)c(OC)c(OC)c1. The molecule has 1 heterocycles. The molecular formula is C24H26ClN3O5S. The average molecular weight is 504 g/mol. The summed E-state index contributed by atoms with van der Waals surface area (Å²) in [7, 11) is 4.58. The average Bonchev–Trinajstić information content (AvgIpc) is 2.83. The first-order valence-corrected chi connectivity index (χ1v) is 11.2. The number of rotatable bonds is 8. The lowest BCUT2D eigenvalue weighted by molar-refractivity contribution is -0.139. The van der Waals surface area contributed by atoms with Gasteiger partial charge in [0.2, 0.25) is 5.75 Å². The number of esters is 1. The number of benzene rings is 2. The zero-order valence-corrected chi connectivity index (χ0v) is 21.1. The molecule has 0 amide bonds. The van der Waals surface area contributed by atoms with Crippen LogP contribution in [0.5, 0.6) is 17.2 Å². The van der Waals surface area contributed by atoms with E-state index in [4.69, 9.17) is 42.8 Å². The van der Waals surface area contributed by atoms with Crippen molar-refractivity contribution in [3.63, 3.8) is 0 Å². The van der Waals surface area contributed by atoms with Crippen LogP contribution in [0.4, 0.5) is 0 Å². The Morgan fingerprint density at radius 2 is 1.76 bits per heavy atom. The molecule has 3 rings (SSSR count). The molecule has 0 spiro atoms. The minimum Gasteiger partial charge on any atom is -0.493 e. The zero-order valence-electron chi connectivity index (χ0n) is 19.5. The molecule has 34 heavy (non-hydrogen) atoms. The fourth-order valence-corrected chi connectivity index (χ4v) is 4.00. The van der Waals surface area contributed by atoms with Crippen molar-refractivity contribution < 1.29 is 23.7 Å². The van der Waals surface area contributed by atoms with Crippen LogP contribution in [0, 0.1) is 0 Å². The molecule has 1 unspecified atom stereocenters. The van der Waals surface area contributed by atoms with E-state index in [9.17, 15) is 4.79 Å². The molecule has 1 atom stereocenters. The second-order valence-corrected chi connectivity index (χ2v) is 8.01. The van der Waals surface area contributed by atoms with Crippen molar-refractivity contribution in [1.82, 2.24) is 10.3 Å². The van der Waals surface area contributed by atoms with Crippen molar-refractivity contribution >= 4 is 41.1 Å². The molecule has 0 radical (unpaired) electrons. The van der Waals surface area contributed by atoms with Crippen molar-refractivity contribution in [1.29, 1.82) is 0 Å². The summed E-state index contributed by atoms with van der Waals surface area (Å²) >= 11 is 11.6. The summed E-state index contributed by atoms with van der Waals surface area (Å²) in [6.07, 6.45) is 1.64. The third-order valence-electron chi connectivity index (χ3n) is 5.12. The van der Waals surface area contributed by atoms with Crippen molar-refractivity contribution in [2.24, 2.45) is 5.10 Å². The molecule has 10 heteroatoms. The molecule has 1 N–H and O–H groups in total. The summed E-state index contributed by atoms with van der Waals surface area (Å²) in [6.45, 7) is 3.74. The second kappa shape index (κ2) is 11.2. The monoisotopic (exact) mass is 503 g/mol. The standard InChI is InChI=1S/C24H26ClN3O5S/c1-6-33-23(29)20-14(2)27-24(34)28(26-13-15-7-9-17(25)10-8-15)21(20)16-11-18(30-3)22(32-5)19(12-16)31-4/h7-13,21H,6H2,1-5H3,(H,27,34)/b26-13-. The number of ether oxygens (including phenoxy) is 4. The second-order valence-electron chi connectivity index (χ2n) is 7.19. The van der Waals surface area contributed by atoms with Crippen LogP contribution in [0.1, 0.15) is 31.0 Å². The van der Waals surface area contributed by atoms with Gasteiger partial charge < -0.3 is 24.3 Å². The van der Waals surface area contributed by atoms with Crippen LogP contribution >= 0.6 is 23.8 Å². The van der Waals surface area contributed by atoms with E-state index in [1.807, 2.05) is 12.1 Å². The Bertz CT molecular complexity index is 1110. The topological polar surface area (TPSA) is 81.6 Å². The van der Waals surface area contributed by atoms with Crippen molar-refractivity contribution in [3.8, 4) is 17.2 Å². The van der Waals surface area contributed by atoms with Gasteiger partial charge in [-0.05, 0) is 61.5 Å². The molecule has 0 saturated heterocycles. The van der Waals surface area contributed by atoms with Gasteiger partial charge in [-0.15, -0.1) is 0 Å². The molecule has 0 saturated carbocycles. The van der Waals surface area contributed by atoms with Gasteiger partial charge in [0.1, 0.15) is 6.04 Å². The van der Waals surface area contributed by atoms with Gasteiger partial charge in [-0.3, -0.25) is 0 Å². The largest absolute Gasteiger partial charge is 0.493 e. The Morgan fingerprint density at radius 3 is 2.29 bits per heavy atom. The van der Waals surface area contributed by atoms with E-state index < -0.39 is 12.0 Å². The number of carbonyl (C=O) groups excluding carboxylic acids is 1. The molecule has 180 valence electrons. The fourth-order valence-electron chi connectivity index (χ4n) is 3.57. The van der Waals surface area contributed by atoms with Crippen LogP contribution < -0.4 is 19.5 Å². The predicted molar refractivity (Wildman–Crippen MR) is 135 cm³/mol. The van der Waals surface area contributed by atoms with E-state index >= 15 is 0 Å². The number of carbonyl (C=O) groups is 1. The number of halogens is 1. The number of nitrogens with zero attached hydrogens (tertiary/aromatic N) is 2. The molecular weight excluding hydrogens is 478 g/mol. The minimum absolute atomic E-state index is 0.218. The van der Waals surface area contributed by atoms with Gasteiger partial charge >= 0.3 is 5.97 Å². The van der Waals surface area contributed by atoms with E-state index in [2.05, 4.69) is 10.4 Å². The van der Waals surface area contributed by atoms with Gasteiger partial charge in [0.25, 0.3) is 0 Å². The maximum Gasteiger partial charge on any atom is 0.338 e.